The van der Waals surface area contributed by atoms with Crippen molar-refractivity contribution in [3.63, 3.8) is 0 Å². The lowest BCUT2D eigenvalue weighted by molar-refractivity contribution is 0.631. The second kappa shape index (κ2) is 4.08. The van der Waals surface area contributed by atoms with E-state index in [1.165, 1.54) is 17.4 Å². The molecule has 1 heterocycles. The van der Waals surface area contributed by atoms with Crippen molar-refractivity contribution in [3.8, 4) is 10.6 Å². The summed E-state index contributed by atoms with van der Waals surface area (Å²) in [4.78, 5) is 4.29. The smallest absolute Gasteiger partial charge is 0.133 e. The van der Waals surface area contributed by atoms with Gasteiger partial charge in [-0.1, -0.05) is 12.1 Å². The third kappa shape index (κ3) is 2.06. The maximum Gasteiger partial charge on any atom is 0.133 e. The average Bonchev–Trinajstić information content (AvgIpc) is 2.67. The van der Waals surface area contributed by atoms with Crippen LogP contribution in [0.25, 0.3) is 10.6 Å². The molecule has 0 bridgehead atoms. The number of hydrogen-bond acceptors (Lipinski definition) is 3. The van der Waals surface area contributed by atoms with E-state index in [1.54, 1.807) is 18.2 Å². The lowest BCUT2D eigenvalue weighted by atomic mass is 10.2. The van der Waals surface area contributed by atoms with Crippen molar-refractivity contribution >= 4 is 11.3 Å². The molecule has 1 atom stereocenters. The molecule has 15 heavy (non-hydrogen) atoms. The fourth-order valence-corrected chi connectivity index (χ4v) is 2.20. The molecule has 2 aromatic rings. The third-order valence-electron chi connectivity index (χ3n) is 2.09. The summed E-state index contributed by atoms with van der Waals surface area (Å²) in [5.74, 6) is -0.247. The van der Waals surface area contributed by atoms with Crippen molar-refractivity contribution in [1.82, 2.24) is 4.98 Å². The molecule has 0 amide bonds. The normalized spacial score (nSPS) is 12.7. The minimum Gasteiger partial charge on any atom is -0.323 e. The van der Waals surface area contributed by atoms with Crippen LogP contribution in [0.1, 0.15) is 18.7 Å². The summed E-state index contributed by atoms with van der Waals surface area (Å²) in [6.07, 6.45) is 0. The number of hydrogen-bond donors (Lipinski definition) is 1. The van der Waals surface area contributed by atoms with Gasteiger partial charge in [0.15, 0.2) is 0 Å². The van der Waals surface area contributed by atoms with Gasteiger partial charge in [0, 0.05) is 17.0 Å². The summed E-state index contributed by atoms with van der Waals surface area (Å²) in [5, 5.41) is 2.55. The molecule has 0 saturated heterocycles. The molecule has 0 fully saturated rings. The van der Waals surface area contributed by atoms with Gasteiger partial charge in [-0.15, -0.1) is 11.3 Å². The molecule has 2 rings (SSSR count). The molecule has 2 nitrogen and oxygen atoms in total. The van der Waals surface area contributed by atoms with Crippen LogP contribution in [0.15, 0.2) is 29.6 Å². The van der Waals surface area contributed by atoms with E-state index >= 15 is 0 Å². The fraction of sp³-hybridized carbons (Fsp3) is 0.182. The lowest BCUT2D eigenvalue weighted by Gasteiger charge is -1.99. The van der Waals surface area contributed by atoms with Crippen molar-refractivity contribution in [3.05, 3.63) is 41.2 Å². The molecule has 0 aliphatic heterocycles. The molecule has 0 saturated carbocycles. The van der Waals surface area contributed by atoms with E-state index in [0.29, 0.717) is 10.6 Å². The molecule has 0 spiro atoms. The zero-order valence-corrected chi connectivity index (χ0v) is 9.09. The summed E-state index contributed by atoms with van der Waals surface area (Å²) < 4.78 is 13.4. The predicted molar refractivity (Wildman–Crippen MR) is 60.1 cm³/mol. The highest BCUT2D eigenvalue weighted by atomic mass is 32.1. The Labute approximate surface area is 91.6 Å². The second-order valence-electron chi connectivity index (χ2n) is 3.35. The Morgan fingerprint density at radius 1 is 1.40 bits per heavy atom. The molecule has 0 aliphatic rings. The van der Waals surface area contributed by atoms with E-state index < -0.39 is 0 Å². The Morgan fingerprint density at radius 2 is 2.13 bits per heavy atom. The zero-order chi connectivity index (χ0) is 10.8. The van der Waals surface area contributed by atoms with E-state index in [-0.39, 0.29) is 11.9 Å². The van der Waals surface area contributed by atoms with Crippen LogP contribution in [0.3, 0.4) is 0 Å². The molecule has 78 valence electrons. The van der Waals surface area contributed by atoms with Crippen molar-refractivity contribution < 1.29 is 4.39 Å². The van der Waals surface area contributed by atoms with Gasteiger partial charge in [0.25, 0.3) is 0 Å². The first-order valence-electron chi connectivity index (χ1n) is 4.64. The molecule has 2 N–H and O–H groups in total. The van der Waals surface area contributed by atoms with Crippen LogP contribution in [0.4, 0.5) is 4.39 Å². The minimum absolute atomic E-state index is 0.109. The highest BCUT2D eigenvalue weighted by Gasteiger charge is 2.10. The Bertz CT molecular complexity index is 465. The molecule has 1 aromatic heterocycles. The Morgan fingerprint density at radius 3 is 2.73 bits per heavy atom. The third-order valence-corrected chi connectivity index (χ3v) is 2.99. The Balaban J connectivity index is 2.42. The topological polar surface area (TPSA) is 38.9 Å². The summed E-state index contributed by atoms with van der Waals surface area (Å²) in [7, 11) is 0. The number of benzene rings is 1. The van der Waals surface area contributed by atoms with Crippen molar-refractivity contribution in [2.45, 2.75) is 13.0 Å². The van der Waals surface area contributed by atoms with Crippen LogP contribution in [0.2, 0.25) is 0 Å². The number of aromatic nitrogens is 1. The van der Waals surface area contributed by atoms with E-state index in [9.17, 15) is 4.39 Å². The molecule has 0 aliphatic carbocycles. The van der Waals surface area contributed by atoms with Crippen LogP contribution in [-0.4, -0.2) is 4.98 Å². The molecular weight excluding hydrogens is 211 g/mol. The predicted octanol–water partition coefficient (Wildman–Crippen LogP) is 2.97. The van der Waals surface area contributed by atoms with Gasteiger partial charge in [-0.05, 0) is 19.1 Å². The van der Waals surface area contributed by atoms with Crippen LogP contribution >= 0.6 is 11.3 Å². The first-order chi connectivity index (χ1) is 7.18. The SMILES string of the molecule is C[C@H](N)c1csc(-c2ccccc2F)n1. The summed E-state index contributed by atoms with van der Waals surface area (Å²) in [5.41, 5.74) is 7.03. The highest BCUT2D eigenvalue weighted by molar-refractivity contribution is 7.13. The van der Waals surface area contributed by atoms with Crippen molar-refractivity contribution in [2.75, 3.05) is 0 Å². The van der Waals surface area contributed by atoms with Gasteiger partial charge < -0.3 is 5.73 Å². The first kappa shape index (κ1) is 10.3. The lowest BCUT2D eigenvalue weighted by Crippen LogP contribution is -2.04. The van der Waals surface area contributed by atoms with Gasteiger partial charge in [-0.2, -0.15) is 0 Å². The number of nitrogens with two attached hydrogens (primary N) is 1. The molecule has 4 heteroatoms. The molecular formula is C11H11FN2S. The monoisotopic (exact) mass is 222 g/mol. The summed E-state index contributed by atoms with van der Waals surface area (Å²) in [6.45, 7) is 1.86. The van der Waals surface area contributed by atoms with Gasteiger partial charge in [0.05, 0.1) is 5.69 Å². The summed E-state index contributed by atoms with van der Waals surface area (Å²) >= 11 is 1.41. The standard InChI is InChI=1S/C11H11FN2S/c1-7(13)10-6-15-11(14-10)8-4-2-3-5-9(8)12/h2-7H,13H2,1H3/t7-/m0/s1. The quantitative estimate of drug-likeness (QED) is 0.848. The minimum atomic E-state index is -0.247. The second-order valence-corrected chi connectivity index (χ2v) is 4.20. The number of halogens is 1. The number of rotatable bonds is 2. The molecule has 0 radical (unpaired) electrons. The maximum atomic E-state index is 13.4. The van der Waals surface area contributed by atoms with Crippen molar-refractivity contribution in [2.24, 2.45) is 5.73 Å². The van der Waals surface area contributed by atoms with Gasteiger partial charge in [-0.3, -0.25) is 0 Å². The van der Waals surface area contributed by atoms with Crippen LogP contribution in [0, 0.1) is 5.82 Å². The highest BCUT2D eigenvalue weighted by Crippen LogP contribution is 2.27. The van der Waals surface area contributed by atoms with Gasteiger partial charge >= 0.3 is 0 Å². The van der Waals surface area contributed by atoms with Crippen LogP contribution in [-0.2, 0) is 0 Å². The maximum absolute atomic E-state index is 13.4. The van der Waals surface area contributed by atoms with E-state index in [1.807, 2.05) is 12.3 Å². The van der Waals surface area contributed by atoms with Crippen LogP contribution < -0.4 is 5.73 Å². The van der Waals surface area contributed by atoms with Gasteiger partial charge in [0.1, 0.15) is 10.8 Å². The first-order valence-corrected chi connectivity index (χ1v) is 5.52. The van der Waals surface area contributed by atoms with Crippen LogP contribution in [0.5, 0.6) is 0 Å². The largest absolute Gasteiger partial charge is 0.323 e. The Hall–Kier alpha value is -1.26. The zero-order valence-electron chi connectivity index (χ0n) is 8.27. The van der Waals surface area contributed by atoms with Gasteiger partial charge in [-0.25, -0.2) is 9.37 Å². The van der Waals surface area contributed by atoms with Gasteiger partial charge in [0.2, 0.25) is 0 Å². The molecule has 0 unspecified atom stereocenters. The van der Waals surface area contributed by atoms with E-state index in [4.69, 9.17) is 5.73 Å². The average molecular weight is 222 g/mol. The van der Waals surface area contributed by atoms with E-state index in [0.717, 1.165) is 5.69 Å². The van der Waals surface area contributed by atoms with Crippen molar-refractivity contribution in [1.29, 1.82) is 0 Å². The number of nitrogens with zero attached hydrogens (tertiary/aromatic N) is 1. The fourth-order valence-electron chi connectivity index (χ4n) is 1.25. The van der Waals surface area contributed by atoms with E-state index in [2.05, 4.69) is 4.98 Å². The number of thiazole rings is 1. The summed E-state index contributed by atoms with van der Waals surface area (Å²) in [6, 6.07) is 6.51. The molecule has 1 aromatic carbocycles. The Kier molecular flexibility index (Phi) is 2.79.